The lowest BCUT2D eigenvalue weighted by Crippen LogP contribution is -2.46. The number of nitrogens with zero attached hydrogens (tertiary/aromatic N) is 4. The second-order valence-corrected chi connectivity index (χ2v) is 14.4. The van der Waals surface area contributed by atoms with Crippen LogP contribution >= 0.6 is 11.3 Å². The van der Waals surface area contributed by atoms with Crippen molar-refractivity contribution in [3.8, 4) is 5.75 Å². The maximum atomic E-state index is 13.3. The number of rotatable bonds is 12. The van der Waals surface area contributed by atoms with Gasteiger partial charge in [-0.1, -0.05) is 41.7 Å². The second-order valence-electron chi connectivity index (χ2n) is 13.4. The number of carbonyl (C=O) groups is 1. The fraction of sp³-hybridized carbons (Fsp3) is 0.400. The van der Waals surface area contributed by atoms with E-state index in [4.69, 9.17) is 4.74 Å². The molecule has 0 N–H and O–H groups in total. The summed E-state index contributed by atoms with van der Waals surface area (Å²) in [6, 6.07) is 25.2. The molecule has 0 saturated carbocycles. The van der Waals surface area contributed by atoms with E-state index < -0.39 is 0 Å². The van der Waals surface area contributed by atoms with Crippen molar-refractivity contribution in [1.29, 1.82) is 0 Å². The Hall–Kier alpha value is -4.05. The molecule has 49 heavy (non-hydrogen) atoms. The number of hydrogen-bond donors (Lipinski definition) is 0. The summed E-state index contributed by atoms with van der Waals surface area (Å²) in [6.45, 7) is 8.40. The number of Topliss-reactive ketones (excluding diaryl/α,β-unsaturated/α-hetero) is 1. The molecule has 9 heteroatoms. The van der Waals surface area contributed by atoms with Gasteiger partial charge in [0.25, 0.3) is 0 Å². The zero-order valence-corrected chi connectivity index (χ0v) is 29.1. The number of piperazine rings is 1. The van der Waals surface area contributed by atoms with Crippen LogP contribution in [0.3, 0.4) is 0 Å². The Kier molecular flexibility index (Phi) is 10.4. The van der Waals surface area contributed by atoms with Gasteiger partial charge in [-0.25, -0.2) is 4.39 Å². The lowest BCUT2D eigenvalue weighted by Gasteiger charge is -2.36. The van der Waals surface area contributed by atoms with Crippen molar-refractivity contribution < 1.29 is 13.9 Å². The van der Waals surface area contributed by atoms with Gasteiger partial charge in [0, 0.05) is 67.2 Å². The number of likely N-dealkylation sites (tertiary alicyclic amines) is 1. The number of hydrogen-bond acceptors (Lipinski definition) is 7. The van der Waals surface area contributed by atoms with E-state index in [1.54, 1.807) is 19.2 Å². The van der Waals surface area contributed by atoms with Crippen LogP contribution < -0.4 is 14.5 Å². The highest BCUT2D eigenvalue weighted by molar-refractivity contribution is 7.16. The van der Waals surface area contributed by atoms with Crippen LogP contribution in [0.25, 0.3) is 21.0 Å². The summed E-state index contributed by atoms with van der Waals surface area (Å²) < 4.78 is 21.8. The average Bonchev–Trinajstić information content (AvgIpc) is 3.46. The van der Waals surface area contributed by atoms with Crippen LogP contribution in [0.15, 0.2) is 83.7 Å². The average molecular weight is 681 g/mol. The molecule has 2 aliphatic rings. The molecule has 7 nitrogen and oxygen atoms in total. The Labute approximate surface area is 291 Å². The van der Waals surface area contributed by atoms with Crippen LogP contribution in [0.1, 0.15) is 41.6 Å². The first-order valence-electron chi connectivity index (χ1n) is 17.6. The molecule has 0 aliphatic carbocycles. The van der Waals surface area contributed by atoms with Crippen molar-refractivity contribution in [2.24, 2.45) is 5.92 Å². The molecule has 1 aromatic heterocycles. The molecule has 2 saturated heterocycles. The van der Waals surface area contributed by atoms with Crippen molar-refractivity contribution in [2.45, 2.75) is 38.6 Å². The Balaban J connectivity index is 0.851. The SMILES string of the molecule is COc1ccc(N2CCN(CCCCc3ccc4c(c3)sc(=O)n4CCN3CCC(C(=O)c4ccc(F)cc4)CC3)CC2)c2ccccc12. The quantitative estimate of drug-likeness (QED) is 0.104. The highest BCUT2D eigenvalue weighted by atomic mass is 32.1. The van der Waals surface area contributed by atoms with Gasteiger partial charge in [-0.2, -0.15) is 0 Å². The first-order valence-corrected chi connectivity index (χ1v) is 18.5. The summed E-state index contributed by atoms with van der Waals surface area (Å²) in [7, 11) is 1.73. The molecular weight excluding hydrogens is 636 g/mol. The van der Waals surface area contributed by atoms with Crippen molar-refractivity contribution >= 4 is 43.8 Å². The van der Waals surface area contributed by atoms with E-state index in [0.717, 1.165) is 100 Å². The minimum absolute atomic E-state index is 0.0266. The molecule has 5 aromatic rings. The highest BCUT2D eigenvalue weighted by Gasteiger charge is 2.26. The monoisotopic (exact) mass is 680 g/mol. The molecule has 256 valence electrons. The molecule has 0 atom stereocenters. The molecule has 0 amide bonds. The second kappa shape index (κ2) is 15.2. The summed E-state index contributed by atoms with van der Waals surface area (Å²) in [5.74, 6) is 0.678. The van der Waals surface area contributed by atoms with Gasteiger partial charge >= 0.3 is 4.87 Å². The van der Waals surface area contributed by atoms with Crippen molar-refractivity contribution in [3.05, 3.63) is 105 Å². The number of ether oxygens (including phenoxy) is 1. The number of benzene rings is 4. The van der Waals surface area contributed by atoms with Crippen molar-refractivity contribution in [2.75, 3.05) is 64.4 Å². The number of thiazole rings is 1. The third-order valence-electron chi connectivity index (χ3n) is 10.4. The fourth-order valence-corrected chi connectivity index (χ4v) is 8.56. The summed E-state index contributed by atoms with van der Waals surface area (Å²) in [5, 5.41) is 2.42. The summed E-state index contributed by atoms with van der Waals surface area (Å²) in [5.41, 5.74) is 4.19. The highest BCUT2D eigenvalue weighted by Crippen LogP contribution is 2.34. The van der Waals surface area contributed by atoms with Gasteiger partial charge in [0.15, 0.2) is 5.78 Å². The van der Waals surface area contributed by atoms with E-state index >= 15 is 0 Å². The number of aryl methyl sites for hydroxylation is 1. The van der Waals surface area contributed by atoms with Crippen LogP contribution in [0.4, 0.5) is 10.1 Å². The minimum atomic E-state index is -0.324. The van der Waals surface area contributed by atoms with Gasteiger partial charge in [0.1, 0.15) is 11.6 Å². The maximum Gasteiger partial charge on any atom is 0.308 e. The number of piperidine rings is 1. The zero-order valence-electron chi connectivity index (χ0n) is 28.3. The number of aromatic nitrogens is 1. The summed E-state index contributed by atoms with van der Waals surface area (Å²) in [6.07, 6.45) is 4.88. The van der Waals surface area contributed by atoms with Crippen LogP contribution in [0, 0.1) is 11.7 Å². The Morgan fingerprint density at radius 3 is 2.31 bits per heavy atom. The van der Waals surface area contributed by atoms with E-state index in [0.29, 0.717) is 12.1 Å². The molecular formula is C40H45FN4O3S. The first kappa shape index (κ1) is 33.4. The number of methoxy groups -OCH3 is 1. The summed E-state index contributed by atoms with van der Waals surface area (Å²) >= 11 is 1.34. The lowest BCUT2D eigenvalue weighted by molar-refractivity contribution is 0.0837. The molecule has 2 fully saturated rings. The van der Waals surface area contributed by atoms with Crippen LogP contribution in [-0.4, -0.2) is 79.6 Å². The van der Waals surface area contributed by atoms with Crippen molar-refractivity contribution in [1.82, 2.24) is 14.4 Å². The predicted molar refractivity (Wildman–Crippen MR) is 198 cm³/mol. The molecule has 0 radical (unpaired) electrons. The normalized spacial score (nSPS) is 16.5. The minimum Gasteiger partial charge on any atom is -0.496 e. The fourth-order valence-electron chi connectivity index (χ4n) is 7.57. The topological polar surface area (TPSA) is 58.0 Å². The van der Waals surface area contributed by atoms with E-state index in [2.05, 4.69) is 69.3 Å². The van der Waals surface area contributed by atoms with E-state index in [9.17, 15) is 14.0 Å². The third kappa shape index (κ3) is 7.59. The smallest absolute Gasteiger partial charge is 0.308 e. The zero-order chi connectivity index (χ0) is 33.7. The van der Waals surface area contributed by atoms with E-state index in [-0.39, 0.29) is 22.4 Å². The first-order chi connectivity index (χ1) is 24.0. The van der Waals surface area contributed by atoms with Crippen LogP contribution in [-0.2, 0) is 13.0 Å². The molecule has 7 rings (SSSR count). The number of halogens is 1. The standard InChI is InChI=1S/C40H45FN4O3S/c1-48-37-16-15-35(33-7-2-3-8-34(33)37)44-25-22-42(23-26-44)19-5-4-6-29-9-14-36-38(28-29)49-40(47)45(36)27-24-43-20-17-31(18-21-43)39(46)30-10-12-32(41)13-11-30/h2-3,7-16,28,31H,4-6,17-27H2,1H3. The number of unbranched alkanes of at least 4 members (excludes halogenated alkanes) is 1. The molecule has 0 spiro atoms. The molecule has 0 bridgehead atoms. The van der Waals surface area contributed by atoms with Crippen LogP contribution in [0.5, 0.6) is 5.75 Å². The Bertz CT molecular complexity index is 1960. The number of ketones is 1. The lowest BCUT2D eigenvalue weighted by atomic mass is 9.89. The summed E-state index contributed by atoms with van der Waals surface area (Å²) in [4.78, 5) is 33.3. The van der Waals surface area contributed by atoms with Gasteiger partial charge in [0.2, 0.25) is 0 Å². The van der Waals surface area contributed by atoms with E-state index in [1.807, 2.05) is 4.57 Å². The molecule has 2 aliphatic heterocycles. The van der Waals surface area contributed by atoms with Gasteiger partial charge in [-0.15, -0.1) is 0 Å². The predicted octanol–water partition coefficient (Wildman–Crippen LogP) is 7.10. The van der Waals surface area contributed by atoms with Gasteiger partial charge in [-0.05, 0) is 106 Å². The molecule has 3 heterocycles. The van der Waals surface area contributed by atoms with Crippen LogP contribution in [0.2, 0.25) is 0 Å². The Morgan fingerprint density at radius 1 is 0.816 bits per heavy atom. The van der Waals surface area contributed by atoms with E-state index in [1.165, 1.54) is 45.5 Å². The number of carbonyl (C=O) groups excluding carboxylic acids is 1. The molecule has 0 unspecified atom stereocenters. The maximum absolute atomic E-state index is 13.3. The molecule has 4 aromatic carbocycles. The third-order valence-corrected chi connectivity index (χ3v) is 11.4. The van der Waals surface area contributed by atoms with Gasteiger partial charge < -0.3 is 14.5 Å². The number of fused-ring (bicyclic) bond motifs is 2. The van der Waals surface area contributed by atoms with Gasteiger partial charge in [-0.3, -0.25) is 19.1 Å². The largest absolute Gasteiger partial charge is 0.496 e. The number of anilines is 1. The Morgan fingerprint density at radius 2 is 1.55 bits per heavy atom. The van der Waals surface area contributed by atoms with Crippen molar-refractivity contribution in [3.63, 3.8) is 0 Å². The van der Waals surface area contributed by atoms with Gasteiger partial charge in [0.05, 0.1) is 17.3 Å².